The molecule has 0 fully saturated rings. The molecule has 0 amide bonds. The fourth-order valence-corrected chi connectivity index (χ4v) is 1.70. The van der Waals surface area contributed by atoms with Gasteiger partial charge in [0.25, 0.3) is 0 Å². The molecule has 0 unspecified atom stereocenters. The molecule has 1 aromatic carbocycles. The Kier molecular flexibility index (Phi) is 4.83. The van der Waals surface area contributed by atoms with E-state index in [2.05, 4.69) is 35.6 Å². The van der Waals surface area contributed by atoms with Crippen LogP contribution in [-0.4, -0.2) is 26.2 Å². The normalized spacial score (nSPS) is 9.94. The Hall–Kier alpha value is -1.51. The van der Waals surface area contributed by atoms with Crippen LogP contribution in [0.15, 0.2) is 24.3 Å². The van der Waals surface area contributed by atoms with Gasteiger partial charge in [-0.05, 0) is 25.5 Å². The number of rotatable bonds is 5. The maximum atomic E-state index is 11.1. The average molecular weight is 221 g/mol. The summed E-state index contributed by atoms with van der Waals surface area (Å²) in [5.74, 6) is -0.160. The van der Waals surface area contributed by atoms with Gasteiger partial charge in [-0.15, -0.1) is 0 Å². The molecule has 0 heterocycles. The van der Waals surface area contributed by atoms with Crippen molar-refractivity contribution in [3.63, 3.8) is 0 Å². The number of carbonyl (C=O) groups is 1. The smallest absolute Gasteiger partial charge is 0.307 e. The van der Waals surface area contributed by atoms with Crippen molar-refractivity contribution in [3.8, 4) is 0 Å². The number of aryl methyl sites for hydroxylation is 1. The first-order chi connectivity index (χ1) is 7.69. The fourth-order valence-electron chi connectivity index (χ4n) is 1.70. The highest BCUT2D eigenvalue weighted by atomic mass is 16.5. The minimum Gasteiger partial charge on any atom is -0.469 e. The van der Waals surface area contributed by atoms with Crippen LogP contribution in [-0.2, 0) is 9.53 Å². The van der Waals surface area contributed by atoms with Crippen LogP contribution in [0, 0.1) is 6.92 Å². The van der Waals surface area contributed by atoms with Gasteiger partial charge in [-0.3, -0.25) is 4.79 Å². The second-order valence-corrected chi connectivity index (χ2v) is 3.69. The fraction of sp³-hybridized carbons (Fsp3) is 0.462. The van der Waals surface area contributed by atoms with Gasteiger partial charge in [-0.2, -0.15) is 0 Å². The summed E-state index contributed by atoms with van der Waals surface area (Å²) in [7, 11) is 1.42. The highest BCUT2D eigenvalue weighted by Crippen LogP contribution is 2.19. The summed E-state index contributed by atoms with van der Waals surface area (Å²) in [5, 5.41) is 0. The molecule has 0 aromatic heterocycles. The molecule has 0 atom stereocenters. The largest absolute Gasteiger partial charge is 0.469 e. The predicted octanol–water partition coefficient (Wildman–Crippen LogP) is 2.38. The van der Waals surface area contributed by atoms with Crippen LogP contribution in [0.1, 0.15) is 18.9 Å². The number of para-hydroxylation sites is 1. The lowest BCUT2D eigenvalue weighted by Gasteiger charge is -2.24. The number of ether oxygens (including phenoxy) is 1. The number of benzene rings is 1. The lowest BCUT2D eigenvalue weighted by atomic mass is 10.1. The van der Waals surface area contributed by atoms with Crippen molar-refractivity contribution < 1.29 is 9.53 Å². The van der Waals surface area contributed by atoms with Gasteiger partial charge in [0.1, 0.15) is 0 Å². The minimum absolute atomic E-state index is 0.160. The standard InChI is InChI=1S/C13H19NO2/c1-4-14(10-9-13(15)16-3)12-8-6-5-7-11(12)2/h5-8H,4,9-10H2,1-3H3. The van der Waals surface area contributed by atoms with E-state index in [9.17, 15) is 4.79 Å². The van der Waals surface area contributed by atoms with E-state index in [1.54, 1.807) is 0 Å². The van der Waals surface area contributed by atoms with Crippen LogP contribution in [0.3, 0.4) is 0 Å². The van der Waals surface area contributed by atoms with Crippen molar-refractivity contribution in [2.24, 2.45) is 0 Å². The van der Waals surface area contributed by atoms with Gasteiger partial charge in [0.05, 0.1) is 13.5 Å². The van der Waals surface area contributed by atoms with Gasteiger partial charge in [-0.25, -0.2) is 0 Å². The van der Waals surface area contributed by atoms with Crippen molar-refractivity contribution in [3.05, 3.63) is 29.8 Å². The van der Waals surface area contributed by atoms with E-state index >= 15 is 0 Å². The Bertz CT molecular complexity index is 350. The number of esters is 1. The lowest BCUT2D eigenvalue weighted by molar-refractivity contribution is -0.140. The molecule has 0 aliphatic carbocycles. The zero-order valence-electron chi connectivity index (χ0n) is 10.2. The lowest BCUT2D eigenvalue weighted by Crippen LogP contribution is -2.26. The molecule has 1 rings (SSSR count). The third-order valence-electron chi connectivity index (χ3n) is 2.65. The molecular formula is C13H19NO2. The molecule has 0 aliphatic heterocycles. The molecule has 0 bridgehead atoms. The average Bonchev–Trinajstić information content (AvgIpc) is 2.31. The van der Waals surface area contributed by atoms with Gasteiger partial charge in [-0.1, -0.05) is 18.2 Å². The summed E-state index contributed by atoms with van der Waals surface area (Å²) in [6, 6.07) is 8.20. The summed E-state index contributed by atoms with van der Waals surface area (Å²) in [6.07, 6.45) is 0.429. The highest BCUT2D eigenvalue weighted by Gasteiger charge is 2.09. The highest BCUT2D eigenvalue weighted by molar-refractivity contribution is 5.70. The Labute approximate surface area is 97.0 Å². The number of methoxy groups -OCH3 is 1. The zero-order chi connectivity index (χ0) is 12.0. The van der Waals surface area contributed by atoms with E-state index in [1.807, 2.05) is 12.1 Å². The molecule has 3 nitrogen and oxygen atoms in total. The molecule has 0 aliphatic rings. The Morgan fingerprint density at radius 2 is 2.06 bits per heavy atom. The van der Waals surface area contributed by atoms with Gasteiger partial charge < -0.3 is 9.64 Å². The van der Waals surface area contributed by atoms with Gasteiger partial charge in [0, 0.05) is 18.8 Å². The van der Waals surface area contributed by atoms with Gasteiger partial charge >= 0.3 is 5.97 Å². The molecule has 0 saturated heterocycles. The number of carbonyl (C=O) groups excluding carboxylic acids is 1. The molecule has 16 heavy (non-hydrogen) atoms. The first-order valence-electron chi connectivity index (χ1n) is 5.56. The maximum absolute atomic E-state index is 11.1. The monoisotopic (exact) mass is 221 g/mol. The number of hydrogen-bond acceptors (Lipinski definition) is 3. The molecule has 88 valence electrons. The second kappa shape index (κ2) is 6.16. The van der Waals surface area contributed by atoms with Crippen LogP contribution in [0.4, 0.5) is 5.69 Å². The van der Waals surface area contributed by atoms with E-state index in [4.69, 9.17) is 0 Å². The number of hydrogen-bond donors (Lipinski definition) is 0. The van der Waals surface area contributed by atoms with Crippen LogP contribution in [0.25, 0.3) is 0 Å². The SMILES string of the molecule is CCN(CCC(=O)OC)c1ccccc1C. The Morgan fingerprint density at radius 3 is 2.62 bits per heavy atom. The molecule has 0 spiro atoms. The van der Waals surface area contributed by atoms with Crippen molar-refractivity contribution >= 4 is 11.7 Å². The predicted molar refractivity (Wildman–Crippen MR) is 65.7 cm³/mol. The van der Waals surface area contributed by atoms with Crippen LogP contribution >= 0.6 is 0 Å². The van der Waals surface area contributed by atoms with Gasteiger partial charge in [0.15, 0.2) is 0 Å². The van der Waals surface area contributed by atoms with E-state index < -0.39 is 0 Å². The Morgan fingerprint density at radius 1 is 1.38 bits per heavy atom. The summed E-state index contributed by atoms with van der Waals surface area (Å²) in [4.78, 5) is 13.3. The maximum Gasteiger partial charge on any atom is 0.307 e. The van der Waals surface area contributed by atoms with E-state index in [-0.39, 0.29) is 5.97 Å². The zero-order valence-corrected chi connectivity index (χ0v) is 10.2. The summed E-state index contributed by atoms with van der Waals surface area (Å²) in [6.45, 7) is 5.76. The first-order valence-corrected chi connectivity index (χ1v) is 5.56. The van der Waals surface area contributed by atoms with Crippen molar-refractivity contribution in [1.82, 2.24) is 0 Å². The van der Waals surface area contributed by atoms with Crippen molar-refractivity contribution in [2.75, 3.05) is 25.1 Å². The first kappa shape index (κ1) is 12.6. The third-order valence-corrected chi connectivity index (χ3v) is 2.65. The van der Waals surface area contributed by atoms with E-state index in [0.29, 0.717) is 13.0 Å². The molecule has 0 saturated carbocycles. The van der Waals surface area contributed by atoms with E-state index in [1.165, 1.54) is 18.4 Å². The van der Waals surface area contributed by atoms with Crippen molar-refractivity contribution in [2.45, 2.75) is 20.3 Å². The second-order valence-electron chi connectivity index (χ2n) is 3.69. The Balaban J connectivity index is 2.68. The van der Waals surface area contributed by atoms with Crippen molar-refractivity contribution in [1.29, 1.82) is 0 Å². The molecule has 3 heteroatoms. The van der Waals surface area contributed by atoms with Crippen LogP contribution < -0.4 is 4.90 Å². The van der Waals surface area contributed by atoms with Crippen LogP contribution in [0.5, 0.6) is 0 Å². The molecule has 1 aromatic rings. The summed E-state index contributed by atoms with van der Waals surface area (Å²) in [5.41, 5.74) is 2.42. The topological polar surface area (TPSA) is 29.5 Å². The third kappa shape index (κ3) is 3.26. The summed E-state index contributed by atoms with van der Waals surface area (Å²) < 4.78 is 4.65. The quantitative estimate of drug-likeness (QED) is 0.715. The molecular weight excluding hydrogens is 202 g/mol. The summed E-state index contributed by atoms with van der Waals surface area (Å²) >= 11 is 0. The number of anilines is 1. The molecule has 0 radical (unpaired) electrons. The number of nitrogens with zero attached hydrogens (tertiary/aromatic N) is 1. The molecule has 0 N–H and O–H groups in total. The van der Waals surface area contributed by atoms with Crippen LogP contribution in [0.2, 0.25) is 0 Å². The van der Waals surface area contributed by atoms with E-state index in [0.717, 1.165) is 6.54 Å². The minimum atomic E-state index is -0.160. The van der Waals surface area contributed by atoms with Gasteiger partial charge in [0.2, 0.25) is 0 Å².